The van der Waals surface area contributed by atoms with Gasteiger partial charge in [-0.1, -0.05) is 37.1 Å². The van der Waals surface area contributed by atoms with Gasteiger partial charge in [-0.3, -0.25) is 9.88 Å². The van der Waals surface area contributed by atoms with Gasteiger partial charge in [0.15, 0.2) is 0 Å². The van der Waals surface area contributed by atoms with Crippen LogP contribution in [-0.2, 0) is 6.54 Å². The lowest BCUT2D eigenvalue weighted by Gasteiger charge is -2.48. The number of H-pyrrole nitrogens is 1. The summed E-state index contributed by atoms with van der Waals surface area (Å²) in [5, 5.41) is 15.5. The van der Waals surface area contributed by atoms with Crippen molar-refractivity contribution in [3.8, 4) is 17.1 Å². The molecule has 7 nitrogen and oxygen atoms in total. The summed E-state index contributed by atoms with van der Waals surface area (Å²) in [6.45, 7) is 3.76. The molecule has 3 unspecified atom stereocenters. The molecule has 1 aliphatic heterocycles. The summed E-state index contributed by atoms with van der Waals surface area (Å²) >= 11 is 0. The summed E-state index contributed by atoms with van der Waals surface area (Å²) in [5.41, 5.74) is 3.89. The van der Waals surface area contributed by atoms with Gasteiger partial charge in [0.25, 0.3) is 0 Å². The number of aromatic amines is 1. The van der Waals surface area contributed by atoms with Crippen molar-refractivity contribution >= 4 is 10.9 Å². The number of nitrogens with one attached hydrogen (secondary N) is 1. The van der Waals surface area contributed by atoms with Crippen molar-refractivity contribution in [3.63, 3.8) is 0 Å². The van der Waals surface area contributed by atoms with E-state index in [0.717, 1.165) is 53.8 Å². The number of piperidine rings is 1. The predicted molar refractivity (Wildman–Crippen MR) is 131 cm³/mol. The van der Waals surface area contributed by atoms with E-state index in [1.54, 1.807) is 12.1 Å². The molecule has 2 aromatic carbocycles. The van der Waals surface area contributed by atoms with Gasteiger partial charge in [-0.15, -0.1) is 10.2 Å². The van der Waals surface area contributed by atoms with Gasteiger partial charge in [-0.25, -0.2) is 4.39 Å². The molecule has 4 aromatic rings. The minimum atomic E-state index is -0.265. The number of nitrogens with zero attached hydrogens (tertiary/aromatic N) is 5. The Balaban J connectivity index is 1.26. The Morgan fingerprint density at radius 3 is 2.86 bits per heavy atom. The molecule has 3 atom stereocenters. The van der Waals surface area contributed by atoms with Crippen LogP contribution < -0.4 is 4.74 Å². The number of aryl methyl sites for hydroxylation is 1. The van der Waals surface area contributed by atoms with E-state index in [-0.39, 0.29) is 11.9 Å². The average Bonchev–Trinajstić information content (AvgIpc) is 3.41. The number of aromatic nitrogens is 5. The summed E-state index contributed by atoms with van der Waals surface area (Å²) in [6.07, 6.45) is 5.81. The molecule has 0 bridgehead atoms. The number of halogens is 1. The zero-order valence-corrected chi connectivity index (χ0v) is 19.8. The average molecular weight is 473 g/mol. The SMILES string of the molecule is Cc1cc(OC2CCN(Cc3ccccc3-c3nn[nH]n3)C3CCCCC23)c2cc(F)ccc2n1. The fraction of sp³-hybridized carbons (Fsp3) is 0.407. The molecule has 0 amide bonds. The molecule has 1 saturated carbocycles. The van der Waals surface area contributed by atoms with Crippen LogP contribution in [0.4, 0.5) is 4.39 Å². The quantitative estimate of drug-likeness (QED) is 0.437. The van der Waals surface area contributed by atoms with Gasteiger partial charge in [-0.05, 0) is 55.2 Å². The smallest absolute Gasteiger partial charge is 0.204 e. The van der Waals surface area contributed by atoms with Crippen LogP contribution in [0.15, 0.2) is 48.5 Å². The number of hydrogen-bond acceptors (Lipinski definition) is 6. The van der Waals surface area contributed by atoms with Crippen LogP contribution in [0.25, 0.3) is 22.3 Å². The van der Waals surface area contributed by atoms with E-state index in [1.165, 1.54) is 30.9 Å². The molecular formula is C27H29FN6O. The first-order valence-electron chi connectivity index (χ1n) is 12.4. The zero-order valence-electron chi connectivity index (χ0n) is 19.8. The molecule has 0 spiro atoms. The van der Waals surface area contributed by atoms with E-state index in [1.807, 2.05) is 19.1 Å². The predicted octanol–water partition coefficient (Wildman–Crippen LogP) is 5.07. The van der Waals surface area contributed by atoms with E-state index < -0.39 is 0 Å². The van der Waals surface area contributed by atoms with Crippen molar-refractivity contribution in [2.45, 2.75) is 57.7 Å². The third kappa shape index (κ3) is 4.38. The van der Waals surface area contributed by atoms with Crippen LogP contribution >= 0.6 is 0 Å². The maximum atomic E-state index is 14.1. The number of pyridine rings is 1. The Hall–Kier alpha value is -3.39. The largest absolute Gasteiger partial charge is 0.489 e. The third-order valence-electron chi connectivity index (χ3n) is 7.55. The number of likely N-dealkylation sites (tertiary alicyclic amines) is 1. The number of hydrogen-bond donors (Lipinski definition) is 1. The molecular weight excluding hydrogens is 443 g/mol. The molecule has 1 saturated heterocycles. The van der Waals surface area contributed by atoms with E-state index >= 15 is 0 Å². The lowest BCUT2D eigenvalue weighted by molar-refractivity contribution is -0.0267. The molecule has 180 valence electrons. The number of rotatable bonds is 5. The molecule has 1 N–H and O–H groups in total. The van der Waals surface area contributed by atoms with Crippen molar-refractivity contribution in [2.75, 3.05) is 6.54 Å². The molecule has 2 fully saturated rings. The van der Waals surface area contributed by atoms with Gasteiger partial charge in [0, 0.05) is 47.8 Å². The minimum Gasteiger partial charge on any atom is -0.489 e. The molecule has 3 heterocycles. The zero-order chi connectivity index (χ0) is 23.8. The number of ether oxygens (including phenoxy) is 1. The standard InChI is InChI=1S/C27H29FN6O/c1-17-14-26(22-15-19(28)10-11-23(22)29-17)35-25-12-13-34(24-9-5-4-8-21(24)25)16-18-6-2-3-7-20(18)27-30-32-33-31-27/h2-3,6-7,10-11,14-15,21,24-25H,4-5,8-9,12-13,16H2,1H3,(H,30,31,32,33). The monoisotopic (exact) mass is 472 g/mol. The van der Waals surface area contributed by atoms with Gasteiger partial charge in [0.2, 0.25) is 5.82 Å². The van der Waals surface area contributed by atoms with Crippen molar-refractivity contribution in [2.24, 2.45) is 5.92 Å². The Labute approximate surface area is 203 Å². The first-order chi connectivity index (χ1) is 17.2. The highest BCUT2D eigenvalue weighted by Crippen LogP contribution is 2.40. The molecule has 8 heteroatoms. The van der Waals surface area contributed by atoms with Gasteiger partial charge < -0.3 is 4.74 Å². The van der Waals surface area contributed by atoms with E-state index in [9.17, 15) is 4.39 Å². The topological polar surface area (TPSA) is 79.8 Å². The van der Waals surface area contributed by atoms with Gasteiger partial charge in [0.1, 0.15) is 17.7 Å². The summed E-state index contributed by atoms with van der Waals surface area (Å²) < 4.78 is 20.7. The fourth-order valence-corrected chi connectivity index (χ4v) is 5.97. The van der Waals surface area contributed by atoms with Crippen molar-refractivity contribution in [3.05, 3.63) is 65.6 Å². The van der Waals surface area contributed by atoms with Crippen LogP contribution in [0, 0.1) is 18.7 Å². The Morgan fingerprint density at radius 1 is 1.09 bits per heavy atom. The molecule has 2 aromatic heterocycles. The van der Waals surface area contributed by atoms with Crippen LogP contribution in [0.1, 0.15) is 43.4 Å². The maximum Gasteiger partial charge on any atom is 0.204 e. The van der Waals surface area contributed by atoms with Crippen molar-refractivity contribution in [1.82, 2.24) is 30.5 Å². The molecule has 2 aliphatic rings. The lowest BCUT2D eigenvalue weighted by Crippen LogP contribution is -2.53. The summed E-state index contributed by atoms with van der Waals surface area (Å²) in [5.74, 6) is 1.55. The minimum absolute atomic E-state index is 0.109. The summed E-state index contributed by atoms with van der Waals surface area (Å²) in [7, 11) is 0. The molecule has 0 radical (unpaired) electrons. The van der Waals surface area contributed by atoms with Gasteiger partial charge in [-0.2, -0.15) is 5.21 Å². The summed E-state index contributed by atoms with van der Waals surface area (Å²) in [4.78, 5) is 7.18. The fourth-order valence-electron chi connectivity index (χ4n) is 5.97. The van der Waals surface area contributed by atoms with E-state index in [2.05, 4.69) is 48.7 Å². The Morgan fingerprint density at radius 2 is 1.97 bits per heavy atom. The number of fused-ring (bicyclic) bond motifs is 2. The van der Waals surface area contributed by atoms with Crippen LogP contribution in [0.5, 0.6) is 5.75 Å². The van der Waals surface area contributed by atoms with Crippen LogP contribution in [0.3, 0.4) is 0 Å². The van der Waals surface area contributed by atoms with Crippen LogP contribution in [-0.4, -0.2) is 49.2 Å². The summed E-state index contributed by atoms with van der Waals surface area (Å²) in [6, 6.07) is 15.4. The third-order valence-corrected chi connectivity index (χ3v) is 7.55. The second-order valence-corrected chi connectivity index (χ2v) is 9.75. The highest BCUT2D eigenvalue weighted by molar-refractivity contribution is 5.85. The maximum absolute atomic E-state index is 14.1. The van der Waals surface area contributed by atoms with E-state index in [0.29, 0.717) is 17.8 Å². The number of benzene rings is 2. The first-order valence-corrected chi connectivity index (χ1v) is 12.4. The van der Waals surface area contributed by atoms with Crippen LogP contribution in [0.2, 0.25) is 0 Å². The van der Waals surface area contributed by atoms with Gasteiger partial charge in [0.05, 0.1) is 5.52 Å². The Bertz CT molecular complexity index is 1330. The lowest BCUT2D eigenvalue weighted by atomic mass is 9.76. The second kappa shape index (κ2) is 9.34. The molecule has 6 rings (SSSR count). The highest BCUT2D eigenvalue weighted by atomic mass is 19.1. The normalized spacial score (nSPS) is 22.7. The van der Waals surface area contributed by atoms with E-state index in [4.69, 9.17) is 4.74 Å². The molecule has 1 aliphatic carbocycles. The van der Waals surface area contributed by atoms with Gasteiger partial charge >= 0.3 is 0 Å². The number of tetrazole rings is 1. The Kier molecular flexibility index (Phi) is 5.90. The molecule has 35 heavy (non-hydrogen) atoms. The first kappa shape index (κ1) is 22.1. The highest BCUT2D eigenvalue weighted by Gasteiger charge is 2.41. The van der Waals surface area contributed by atoms with Crippen molar-refractivity contribution in [1.29, 1.82) is 0 Å². The second-order valence-electron chi connectivity index (χ2n) is 9.75. The van der Waals surface area contributed by atoms with Crippen molar-refractivity contribution < 1.29 is 9.13 Å².